The van der Waals surface area contributed by atoms with E-state index in [1.54, 1.807) is 13.2 Å². The Morgan fingerprint density at radius 3 is 2.60 bits per heavy atom. The Morgan fingerprint density at radius 1 is 1.09 bits per heavy atom. The van der Waals surface area contributed by atoms with E-state index in [1.807, 2.05) is 66.7 Å². The highest BCUT2D eigenvalue weighted by molar-refractivity contribution is 6.31. The Bertz CT molecular complexity index is 1460. The molecular formula is C27H21ClN4O3. The van der Waals surface area contributed by atoms with Crippen LogP contribution in [0.15, 0.2) is 84.3 Å². The highest BCUT2D eigenvalue weighted by Crippen LogP contribution is 2.49. The van der Waals surface area contributed by atoms with E-state index < -0.39 is 5.92 Å². The maximum atomic E-state index is 10.1. The Balaban J connectivity index is 1.67. The van der Waals surface area contributed by atoms with Gasteiger partial charge < -0.3 is 19.9 Å². The van der Waals surface area contributed by atoms with Gasteiger partial charge in [0.15, 0.2) is 11.5 Å². The highest BCUT2D eigenvalue weighted by atomic mass is 35.5. The van der Waals surface area contributed by atoms with Gasteiger partial charge in [0.2, 0.25) is 11.8 Å². The number of methoxy groups -OCH3 is 1. The van der Waals surface area contributed by atoms with Crippen LogP contribution in [0, 0.1) is 11.3 Å². The topological polar surface area (TPSA) is 106 Å². The normalized spacial score (nSPS) is 14.6. The fourth-order valence-corrected chi connectivity index (χ4v) is 4.41. The number of aromatic amines is 1. The molecule has 1 unspecified atom stereocenters. The van der Waals surface area contributed by atoms with E-state index in [-0.39, 0.29) is 18.1 Å². The summed E-state index contributed by atoms with van der Waals surface area (Å²) in [5.41, 5.74) is 10.3. The molecule has 3 N–H and O–H groups in total. The number of fused-ring (bicyclic) bond motifs is 1. The molecule has 0 radical (unpaired) electrons. The number of allylic oxidation sites excluding steroid dienone is 1. The third kappa shape index (κ3) is 4.05. The smallest absolute Gasteiger partial charge is 0.244 e. The number of ether oxygens (including phenoxy) is 3. The van der Waals surface area contributed by atoms with Gasteiger partial charge in [-0.25, -0.2) is 0 Å². The number of nitrogens with zero attached hydrogens (tertiary/aromatic N) is 2. The lowest BCUT2D eigenvalue weighted by Crippen LogP contribution is -2.21. The molecule has 174 valence electrons. The monoisotopic (exact) mass is 484 g/mol. The first-order chi connectivity index (χ1) is 17.1. The standard InChI is InChI=1S/C27H21ClN4O3/c1-33-21-13-7-11-18(25(21)34-15-17-10-5-6-12-20(17)28)22-19(14-29)26(30)35-27-23(22)24(31-32-27)16-8-3-2-4-9-16/h2-13,22H,15,30H2,1H3,(H,31,32). The first-order valence-corrected chi connectivity index (χ1v) is 11.2. The summed E-state index contributed by atoms with van der Waals surface area (Å²) in [5.74, 6) is 0.701. The fourth-order valence-electron chi connectivity index (χ4n) is 4.22. The Kier molecular flexibility index (Phi) is 6.04. The van der Waals surface area contributed by atoms with Crippen molar-refractivity contribution < 1.29 is 14.2 Å². The van der Waals surface area contributed by atoms with E-state index in [1.165, 1.54) is 0 Å². The molecule has 1 aromatic heterocycles. The average molecular weight is 485 g/mol. The number of benzene rings is 3. The molecule has 0 fully saturated rings. The average Bonchev–Trinajstić information content (AvgIpc) is 3.31. The van der Waals surface area contributed by atoms with Crippen LogP contribution in [0.2, 0.25) is 5.02 Å². The molecule has 0 bridgehead atoms. The number of nitrogens with one attached hydrogen (secondary N) is 1. The van der Waals surface area contributed by atoms with Crippen LogP contribution < -0.4 is 19.9 Å². The maximum Gasteiger partial charge on any atom is 0.244 e. The van der Waals surface area contributed by atoms with Gasteiger partial charge in [0.05, 0.1) is 24.3 Å². The number of H-pyrrole nitrogens is 1. The van der Waals surface area contributed by atoms with Crippen molar-refractivity contribution in [2.24, 2.45) is 5.73 Å². The zero-order chi connectivity index (χ0) is 24.4. The van der Waals surface area contributed by atoms with Gasteiger partial charge in [-0.3, -0.25) is 5.10 Å². The number of nitrogens with two attached hydrogens (primary N) is 1. The van der Waals surface area contributed by atoms with Gasteiger partial charge in [0.1, 0.15) is 18.2 Å². The van der Waals surface area contributed by atoms with E-state index in [2.05, 4.69) is 16.3 Å². The van der Waals surface area contributed by atoms with Crippen molar-refractivity contribution in [2.45, 2.75) is 12.5 Å². The van der Waals surface area contributed by atoms with Crippen LogP contribution >= 0.6 is 11.6 Å². The molecule has 3 aromatic carbocycles. The van der Waals surface area contributed by atoms with E-state index in [9.17, 15) is 5.26 Å². The highest BCUT2D eigenvalue weighted by Gasteiger charge is 2.37. The lowest BCUT2D eigenvalue weighted by Gasteiger charge is -2.26. The fraction of sp³-hybridized carbons (Fsp3) is 0.111. The molecule has 7 nitrogen and oxygen atoms in total. The minimum absolute atomic E-state index is 0.00372. The molecule has 5 rings (SSSR count). The van der Waals surface area contributed by atoms with Gasteiger partial charge in [-0.2, -0.15) is 5.26 Å². The van der Waals surface area contributed by atoms with E-state index >= 15 is 0 Å². The van der Waals surface area contributed by atoms with Crippen LogP contribution in [0.5, 0.6) is 17.4 Å². The number of hydrogen-bond acceptors (Lipinski definition) is 6. The molecule has 4 aromatic rings. The molecule has 35 heavy (non-hydrogen) atoms. The van der Waals surface area contributed by atoms with Gasteiger partial charge in [-0.15, -0.1) is 5.10 Å². The van der Waals surface area contributed by atoms with Crippen molar-refractivity contribution >= 4 is 11.6 Å². The number of rotatable bonds is 6. The van der Waals surface area contributed by atoms with Crippen LogP contribution in [0.25, 0.3) is 11.3 Å². The summed E-state index contributed by atoms with van der Waals surface area (Å²) < 4.78 is 17.7. The lowest BCUT2D eigenvalue weighted by atomic mass is 9.82. The van der Waals surface area contributed by atoms with Gasteiger partial charge in [-0.1, -0.05) is 72.3 Å². The summed E-state index contributed by atoms with van der Waals surface area (Å²) in [6.45, 7) is 0.209. The van der Waals surface area contributed by atoms with Crippen LogP contribution in [-0.4, -0.2) is 17.3 Å². The summed E-state index contributed by atoms with van der Waals surface area (Å²) >= 11 is 6.35. The Labute approximate surface area is 207 Å². The largest absolute Gasteiger partial charge is 0.493 e. The molecule has 2 heterocycles. The van der Waals surface area contributed by atoms with Crippen LogP contribution in [-0.2, 0) is 6.61 Å². The summed E-state index contributed by atoms with van der Waals surface area (Å²) in [7, 11) is 1.57. The zero-order valence-electron chi connectivity index (χ0n) is 18.8. The van der Waals surface area contributed by atoms with Gasteiger partial charge >= 0.3 is 0 Å². The van der Waals surface area contributed by atoms with Gasteiger partial charge in [0.25, 0.3) is 0 Å². The first-order valence-electron chi connectivity index (χ1n) is 10.9. The van der Waals surface area contributed by atoms with Gasteiger partial charge in [-0.05, 0) is 17.7 Å². The van der Waals surface area contributed by atoms with Crippen molar-refractivity contribution in [3.63, 3.8) is 0 Å². The molecule has 8 heteroatoms. The van der Waals surface area contributed by atoms with Crippen LogP contribution in [0.1, 0.15) is 22.6 Å². The van der Waals surface area contributed by atoms with Crippen molar-refractivity contribution in [1.29, 1.82) is 5.26 Å². The molecule has 1 aliphatic rings. The number of nitriles is 1. The van der Waals surface area contributed by atoms with Crippen molar-refractivity contribution in [3.8, 4) is 34.7 Å². The summed E-state index contributed by atoms with van der Waals surface area (Å²) in [5, 5.41) is 18.1. The second-order valence-electron chi connectivity index (χ2n) is 7.87. The number of para-hydroxylation sites is 1. The molecule has 1 aliphatic heterocycles. The quantitative estimate of drug-likeness (QED) is 0.372. The minimum Gasteiger partial charge on any atom is -0.493 e. The molecule has 0 saturated heterocycles. The SMILES string of the molecule is COc1cccc(C2C(C#N)=C(N)Oc3n[nH]c(-c4ccccc4)c32)c1OCc1ccccc1Cl. The summed E-state index contributed by atoms with van der Waals surface area (Å²) in [6.07, 6.45) is 0. The third-order valence-electron chi connectivity index (χ3n) is 5.87. The molecule has 0 saturated carbocycles. The maximum absolute atomic E-state index is 10.1. The number of hydrogen-bond donors (Lipinski definition) is 2. The van der Waals surface area contributed by atoms with Crippen molar-refractivity contribution in [2.75, 3.05) is 7.11 Å². The predicted octanol–water partition coefficient (Wildman–Crippen LogP) is 5.54. The first kappa shape index (κ1) is 22.4. The summed E-state index contributed by atoms with van der Waals surface area (Å²) in [6, 6.07) is 24.9. The van der Waals surface area contributed by atoms with E-state index in [0.29, 0.717) is 33.5 Å². The van der Waals surface area contributed by atoms with Crippen LogP contribution in [0.4, 0.5) is 0 Å². The Hall–Kier alpha value is -4.41. The van der Waals surface area contributed by atoms with E-state index in [4.69, 9.17) is 31.5 Å². The molecule has 0 aliphatic carbocycles. The molecule has 1 atom stereocenters. The molecule has 0 spiro atoms. The molecule has 0 amide bonds. The minimum atomic E-state index is -0.603. The zero-order valence-corrected chi connectivity index (χ0v) is 19.5. The lowest BCUT2D eigenvalue weighted by molar-refractivity contribution is 0.280. The second kappa shape index (κ2) is 9.45. The predicted molar refractivity (Wildman–Crippen MR) is 132 cm³/mol. The van der Waals surface area contributed by atoms with E-state index in [0.717, 1.165) is 16.8 Å². The van der Waals surface area contributed by atoms with Crippen molar-refractivity contribution in [3.05, 3.63) is 106 Å². The second-order valence-corrected chi connectivity index (χ2v) is 8.27. The summed E-state index contributed by atoms with van der Waals surface area (Å²) in [4.78, 5) is 0. The van der Waals surface area contributed by atoms with Crippen molar-refractivity contribution in [1.82, 2.24) is 10.2 Å². The third-order valence-corrected chi connectivity index (χ3v) is 6.24. The number of aromatic nitrogens is 2. The molecular weight excluding hydrogens is 464 g/mol. The Morgan fingerprint density at radius 2 is 1.86 bits per heavy atom. The number of halogens is 1. The van der Waals surface area contributed by atoms with Gasteiger partial charge in [0, 0.05) is 16.1 Å². The van der Waals surface area contributed by atoms with Crippen LogP contribution in [0.3, 0.4) is 0 Å².